The molecule has 116 valence electrons. The molecule has 0 bridgehead atoms. The first-order chi connectivity index (χ1) is 9.16. The molecule has 0 aromatic heterocycles. The first-order valence-electron chi connectivity index (χ1n) is 7.26. The molecular formula is C14H24F2N2O2. The lowest BCUT2D eigenvalue weighted by molar-refractivity contribution is -0.00252. The van der Waals surface area contributed by atoms with Crippen LogP contribution in [0.3, 0.4) is 0 Å². The van der Waals surface area contributed by atoms with E-state index < -0.39 is 11.5 Å². The van der Waals surface area contributed by atoms with Gasteiger partial charge in [-0.1, -0.05) is 0 Å². The maximum Gasteiger partial charge on any atom is 0.410 e. The van der Waals surface area contributed by atoms with Gasteiger partial charge in [0.25, 0.3) is 5.92 Å². The summed E-state index contributed by atoms with van der Waals surface area (Å²) in [4.78, 5) is 15.5. The van der Waals surface area contributed by atoms with Gasteiger partial charge in [0.05, 0.1) is 6.54 Å². The molecule has 2 fully saturated rings. The number of hydrogen-bond acceptors (Lipinski definition) is 3. The summed E-state index contributed by atoms with van der Waals surface area (Å²) in [5.74, 6) is -2.54. The van der Waals surface area contributed by atoms with Crippen molar-refractivity contribution < 1.29 is 18.3 Å². The Hall–Kier alpha value is -0.910. The third kappa shape index (κ3) is 4.04. The van der Waals surface area contributed by atoms with Crippen molar-refractivity contribution in [2.24, 2.45) is 0 Å². The van der Waals surface area contributed by atoms with E-state index in [9.17, 15) is 13.6 Å². The van der Waals surface area contributed by atoms with Gasteiger partial charge >= 0.3 is 6.09 Å². The molecule has 2 aliphatic heterocycles. The Morgan fingerprint density at radius 1 is 1.20 bits per heavy atom. The largest absolute Gasteiger partial charge is 0.444 e. The van der Waals surface area contributed by atoms with Gasteiger partial charge in [0.1, 0.15) is 5.60 Å². The molecule has 2 saturated heterocycles. The number of nitrogens with zero attached hydrogens (tertiary/aromatic N) is 2. The summed E-state index contributed by atoms with van der Waals surface area (Å²) < 4.78 is 31.8. The van der Waals surface area contributed by atoms with Crippen LogP contribution in [0.5, 0.6) is 0 Å². The Balaban J connectivity index is 1.80. The van der Waals surface area contributed by atoms with Crippen LogP contribution in [0.4, 0.5) is 13.6 Å². The first-order valence-corrected chi connectivity index (χ1v) is 7.26. The number of alkyl halides is 2. The third-order valence-electron chi connectivity index (χ3n) is 3.83. The highest BCUT2D eigenvalue weighted by molar-refractivity contribution is 5.68. The van der Waals surface area contributed by atoms with Crippen molar-refractivity contribution in [1.29, 1.82) is 0 Å². The van der Waals surface area contributed by atoms with Gasteiger partial charge in [-0.3, -0.25) is 4.90 Å². The molecule has 0 N–H and O–H groups in total. The van der Waals surface area contributed by atoms with Gasteiger partial charge in [0.2, 0.25) is 0 Å². The van der Waals surface area contributed by atoms with E-state index in [2.05, 4.69) is 0 Å². The van der Waals surface area contributed by atoms with E-state index in [1.54, 1.807) is 4.90 Å². The monoisotopic (exact) mass is 290 g/mol. The minimum Gasteiger partial charge on any atom is -0.444 e. The lowest BCUT2D eigenvalue weighted by Gasteiger charge is -2.37. The van der Waals surface area contributed by atoms with Crippen LogP contribution in [0.1, 0.15) is 40.0 Å². The number of rotatable bonds is 1. The summed E-state index contributed by atoms with van der Waals surface area (Å²) in [5.41, 5.74) is -0.495. The van der Waals surface area contributed by atoms with Crippen LogP contribution < -0.4 is 0 Å². The standard InChI is InChI=1S/C14H24F2N2O2/c1-13(2,3)20-12(19)17-7-4-11(5-8-17)18-9-6-14(15,16)10-18/h11H,4-10H2,1-3H3. The van der Waals surface area contributed by atoms with Crippen molar-refractivity contribution in [3.63, 3.8) is 0 Å². The first kappa shape index (κ1) is 15.5. The van der Waals surface area contributed by atoms with Crippen LogP contribution in [0, 0.1) is 0 Å². The van der Waals surface area contributed by atoms with Crippen molar-refractivity contribution in [2.75, 3.05) is 26.2 Å². The van der Waals surface area contributed by atoms with E-state index in [0.29, 0.717) is 19.6 Å². The maximum absolute atomic E-state index is 13.2. The van der Waals surface area contributed by atoms with Gasteiger partial charge in [-0.25, -0.2) is 13.6 Å². The maximum atomic E-state index is 13.2. The molecule has 0 atom stereocenters. The van der Waals surface area contributed by atoms with Gasteiger partial charge in [-0.15, -0.1) is 0 Å². The van der Waals surface area contributed by atoms with Crippen LogP contribution in [-0.2, 0) is 4.74 Å². The molecule has 4 nitrogen and oxygen atoms in total. The van der Waals surface area contributed by atoms with Gasteiger partial charge in [0.15, 0.2) is 0 Å². The molecule has 0 unspecified atom stereocenters. The molecule has 2 rings (SSSR count). The number of carbonyl (C=O) groups is 1. The van der Waals surface area contributed by atoms with E-state index in [1.165, 1.54) is 0 Å². The van der Waals surface area contributed by atoms with Crippen LogP contribution in [0.2, 0.25) is 0 Å². The highest BCUT2D eigenvalue weighted by Gasteiger charge is 2.41. The summed E-state index contributed by atoms with van der Waals surface area (Å²) in [6.07, 6.45) is 1.15. The Kier molecular flexibility index (Phi) is 4.23. The van der Waals surface area contributed by atoms with Crippen molar-refractivity contribution >= 4 is 6.09 Å². The molecule has 0 aromatic carbocycles. The van der Waals surface area contributed by atoms with Crippen molar-refractivity contribution in [1.82, 2.24) is 9.80 Å². The fourth-order valence-electron chi connectivity index (χ4n) is 2.81. The SMILES string of the molecule is CC(C)(C)OC(=O)N1CCC(N2CCC(F)(F)C2)CC1. The van der Waals surface area contributed by atoms with Crippen molar-refractivity contribution in [3.8, 4) is 0 Å². The summed E-state index contributed by atoms with van der Waals surface area (Å²) in [6.45, 7) is 7.01. The summed E-state index contributed by atoms with van der Waals surface area (Å²) in [7, 11) is 0. The zero-order valence-corrected chi connectivity index (χ0v) is 12.5. The average molecular weight is 290 g/mol. The third-order valence-corrected chi connectivity index (χ3v) is 3.83. The Bertz CT molecular complexity index is 361. The number of piperidine rings is 1. The second-order valence-corrected chi connectivity index (χ2v) is 6.77. The molecule has 2 heterocycles. The Labute approximate surface area is 119 Å². The van der Waals surface area contributed by atoms with E-state index in [0.717, 1.165) is 12.8 Å². The number of ether oxygens (including phenoxy) is 1. The second kappa shape index (κ2) is 5.47. The van der Waals surface area contributed by atoms with Gasteiger partial charge < -0.3 is 9.64 Å². The fourth-order valence-corrected chi connectivity index (χ4v) is 2.81. The topological polar surface area (TPSA) is 32.8 Å². The number of likely N-dealkylation sites (tertiary alicyclic amines) is 2. The van der Waals surface area contributed by atoms with E-state index in [4.69, 9.17) is 4.74 Å². The normalized spacial score (nSPS) is 24.9. The molecule has 20 heavy (non-hydrogen) atoms. The zero-order valence-electron chi connectivity index (χ0n) is 12.5. The second-order valence-electron chi connectivity index (χ2n) is 6.77. The number of amides is 1. The molecule has 0 radical (unpaired) electrons. The van der Waals surface area contributed by atoms with Crippen LogP contribution in [-0.4, -0.2) is 59.6 Å². The molecule has 0 aromatic rings. The number of carbonyl (C=O) groups excluding carboxylic acids is 1. The summed E-state index contributed by atoms with van der Waals surface area (Å²) in [6, 6.07) is 0.169. The summed E-state index contributed by atoms with van der Waals surface area (Å²) in [5, 5.41) is 0. The lowest BCUT2D eigenvalue weighted by atomic mass is 10.0. The van der Waals surface area contributed by atoms with E-state index >= 15 is 0 Å². The molecule has 0 saturated carbocycles. The lowest BCUT2D eigenvalue weighted by Crippen LogP contribution is -2.47. The Morgan fingerprint density at radius 3 is 2.25 bits per heavy atom. The minimum absolute atomic E-state index is 0.0424. The fraction of sp³-hybridized carbons (Fsp3) is 0.929. The predicted molar refractivity (Wildman–Crippen MR) is 72.0 cm³/mol. The van der Waals surface area contributed by atoms with Crippen molar-refractivity contribution in [2.45, 2.75) is 57.6 Å². The zero-order chi connectivity index (χ0) is 15.0. The van der Waals surface area contributed by atoms with Gasteiger partial charge in [-0.2, -0.15) is 0 Å². The van der Waals surface area contributed by atoms with Gasteiger partial charge in [-0.05, 0) is 33.6 Å². The summed E-state index contributed by atoms with van der Waals surface area (Å²) >= 11 is 0. The van der Waals surface area contributed by atoms with E-state index in [1.807, 2.05) is 25.7 Å². The van der Waals surface area contributed by atoms with Crippen molar-refractivity contribution in [3.05, 3.63) is 0 Å². The van der Waals surface area contributed by atoms with Crippen LogP contribution in [0.25, 0.3) is 0 Å². The van der Waals surface area contributed by atoms with Gasteiger partial charge in [0, 0.05) is 32.1 Å². The molecule has 0 aliphatic carbocycles. The van der Waals surface area contributed by atoms with E-state index in [-0.39, 0.29) is 25.1 Å². The molecule has 6 heteroatoms. The van der Waals surface area contributed by atoms with Crippen LogP contribution in [0.15, 0.2) is 0 Å². The molecule has 2 aliphatic rings. The number of halogens is 2. The van der Waals surface area contributed by atoms with Crippen LogP contribution >= 0.6 is 0 Å². The predicted octanol–water partition coefficient (Wildman–Crippen LogP) is 2.73. The highest BCUT2D eigenvalue weighted by atomic mass is 19.3. The molecular weight excluding hydrogens is 266 g/mol. The minimum atomic E-state index is -2.54. The molecule has 1 amide bonds. The Morgan fingerprint density at radius 2 is 1.80 bits per heavy atom. The highest BCUT2D eigenvalue weighted by Crippen LogP contribution is 2.31. The smallest absolute Gasteiger partial charge is 0.410 e. The average Bonchev–Trinajstić information content (AvgIpc) is 2.68. The molecule has 0 spiro atoms. The quantitative estimate of drug-likeness (QED) is 0.744. The number of hydrogen-bond donors (Lipinski definition) is 0.